The number of hydrogen-bond acceptors (Lipinski definition) is 4. The van der Waals surface area contributed by atoms with E-state index in [1.807, 2.05) is 23.1 Å². The second-order valence-corrected chi connectivity index (χ2v) is 8.79. The zero-order valence-corrected chi connectivity index (χ0v) is 17.3. The SMILES string of the molecule is O=C(CCC(=O)N1CCc2sccc2C1)NC1CCOc2ccc(Br)cc21. The maximum absolute atomic E-state index is 12.5. The number of carbonyl (C=O) groups is 2. The quantitative estimate of drug-likeness (QED) is 0.773. The first kappa shape index (κ1) is 18.5. The Kier molecular flexibility index (Phi) is 5.50. The summed E-state index contributed by atoms with van der Waals surface area (Å²) < 4.78 is 6.62. The van der Waals surface area contributed by atoms with Crippen LogP contribution in [0.25, 0.3) is 0 Å². The molecule has 1 aromatic carbocycles. The molecule has 0 fully saturated rings. The zero-order valence-electron chi connectivity index (χ0n) is 14.9. The van der Waals surface area contributed by atoms with Gasteiger partial charge in [0.05, 0.1) is 12.6 Å². The third-order valence-corrected chi connectivity index (χ3v) is 6.59. The van der Waals surface area contributed by atoms with Crippen molar-refractivity contribution in [1.29, 1.82) is 0 Å². The molecule has 0 bridgehead atoms. The van der Waals surface area contributed by atoms with Crippen LogP contribution in [0.15, 0.2) is 34.1 Å². The molecule has 2 aliphatic rings. The van der Waals surface area contributed by atoms with Gasteiger partial charge in [0.15, 0.2) is 0 Å². The first-order chi connectivity index (χ1) is 13.1. The summed E-state index contributed by atoms with van der Waals surface area (Å²) in [5, 5.41) is 5.14. The van der Waals surface area contributed by atoms with Gasteiger partial charge in [-0.2, -0.15) is 0 Å². The second-order valence-electron chi connectivity index (χ2n) is 6.87. The fourth-order valence-corrected chi connectivity index (χ4v) is 4.89. The van der Waals surface area contributed by atoms with E-state index in [1.165, 1.54) is 10.4 Å². The number of thiophene rings is 1. The number of carbonyl (C=O) groups excluding carboxylic acids is 2. The molecule has 0 saturated heterocycles. The van der Waals surface area contributed by atoms with Gasteiger partial charge in [0.1, 0.15) is 5.75 Å². The Labute approximate surface area is 170 Å². The standard InChI is InChI=1S/C20H21BrN2O3S/c21-14-1-2-17-15(11-14)16(6-9-26-17)22-19(24)3-4-20(25)23-8-5-18-13(12-23)7-10-27-18/h1-2,7,10-11,16H,3-6,8-9,12H2,(H,22,24). The van der Waals surface area contributed by atoms with E-state index in [2.05, 4.69) is 32.7 Å². The Morgan fingerprint density at radius 3 is 3.07 bits per heavy atom. The Hall–Kier alpha value is -1.86. The molecule has 1 N–H and O–H groups in total. The van der Waals surface area contributed by atoms with Gasteiger partial charge >= 0.3 is 0 Å². The molecule has 2 amide bonds. The van der Waals surface area contributed by atoms with E-state index in [1.54, 1.807) is 11.3 Å². The van der Waals surface area contributed by atoms with E-state index in [0.29, 0.717) is 13.2 Å². The van der Waals surface area contributed by atoms with Crippen molar-refractivity contribution in [2.45, 2.75) is 38.3 Å². The summed E-state index contributed by atoms with van der Waals surface area (Å²) in [7, 11) is 0. The summed E-state index contributed by atoms with van der Waals surface area (Å²) in [5.41, 5.74) is 2.23. The predicted molar refractivity (Wildman–Crippen MR) is 108 cm³/mol. The summed E-state index contributed by atoms with van der Waals surface area (Å²) >= 11 is 5.23. The van der Waals surface area contributed by atoms with Crippen molar-refractivity contribution in [3.8, 4) is 5.75 Å². The van der Waals surface area contributed by atoms with Crippen molar-refractivity contribution < 1.29 is 14.3 Å². The topological polar surface area (TPSA) is 58.6 Å². The van der Waals surface area contributed by atoms with E-state index < -0.39 is 0 Å². The van der Waals surface area contributed by atoms with Crippen molar-refractivity contribution in [3.63, 3.8) is 0 Å². The highest BCUT2D eigenvalue weighted by molar-refractivity contribution is 9.10. The molecule has 2 aliphatic heterocycles. The van der Waals surface area contributed by atoms with Crippen LogP contribution in [0.1, 0.15) is 41.3 Å². The van der Waals surface area contributed by atoms with Crippen LogP contribution in [0.5, 0.6) is 5.75 Å². The van der Waals surface area contributed by atoms with Crippen molar-refractivity contribution in [2.75, 3.05) is 13.2 Å². The van der Waals surface area contributed by atoms with Gasteiger partial charge in [-0.15, -0.1) is 11.3 Å². The lowest BCUT2D eigenvalue weighted by atomic mass is 10.0. The minimum Gasteiger partial charge on any atom is -0.493 e. The number of nitrogens with one attached hydrogen (secondary N) is 1. The van der Waals surface area contributed by atoms with Gasteiger partial charge in [0.2, 0.25) is 11.8 Å². The molecule has 7 heteroatoms. The lowest BCUT2D eigenvalue weighted by Gasteiger charge is -2.28. The molecule has 4 rings (SSSR count). The molecule has 3 heterocycles. The van der Waals surface area contributed by atoms with Crippen LogP contribution in [0.4, 0.5) is 0 Å². The summed E-state index contributed by atoms with van der Waals surface area (Å²) in [4.78, 5) is 28.2. The van der Waals surface area contributed by atoms with Crippen molar-refractivity contribution in [3.05, 3.63) is 50.1 Å². The molecule has 5 nitrogen and oxygen atoms in total. The monoisotopic (exact) mass is 448 g/mol. The van der Waals surface area contributed by atoms with Crippen LogP contribution in [-0.2, 0) is 22.6 Å². The van der Waals surface area contributed by atoms with E-state index in [-0.39, 0.29) is 30.7 Å². The summed E-state index contributed by atoms with van der Waals surface area (Å²) in [6.45, 7) is 1.99. The number of rotatable bonds is 4. The molecule has 27 heavy (non-hydrogen) atoms. The second kappa shape index (κ2) is 8.02. The summed E-state index contributed by atoms with van der Waals surface area (Å²) in [6.07, 6.45) is 2.11. The Bertz CT molecular complexity index is 867. The Morgan fingerprint density at radius 2 is 2.19 bits per heavy atom. The number of amides is 2. The van der Waals surface area contributed by atoms with Gasteiger partial charge in [-0.25, -0.2) is 0 Å². The zero-order chi connectivity index (χ0) is 18.8. The maximum atomic E-state index is 12.5. The minimum atomic E-state index is -0.0885. The highest BCUT2D eigenvalue weighted by Crippen LogP contribution is 2.34. The van der Waals surface area contributed by atoms with Gasteiger partial charge in [-0.1, -0.05) is 15.9 Å². The molecule has 1 aromatic heterocycles. The maximum Gasteiger partial charge on any atom is 0.223 e. The van der Waals surface area contributed by atoms with Crippen molar-refractivity contribution >= 4 is 39.1 Å². The largest absolute Gasteiger partial charge is 0.493 e. The van der Waals surface area contributed by atoms with Crippen molar-refractivity contribution in [1.82, 2.24) is 10.2 Å². The van der Waals surface area contributed by atoms with E-state index in [9.17, 15) is 9.59 Å². The third-order valence-electron chi connectivity index (χ3n) is 5.07. The highest BCUT2D eigenvalue weighted by Gasteiger charge is 2.25. The van der Waals surface area contributed by atoms with Crippen LogP contribution in [-0.4, -0.2) is 29.9 Å². The third kappa shape index (κ3) is 4.19. The minimum absolute atomic E-state index is 0.0529. The Balaban J connectivity index is 1.31. The van der Waals surface area contributed by atoms with E-state index in [0.717, 1.165) is 35.2 Å². The number of hydrogen-bond donors (Lipinski definition) is 1. The highest BCUT2D eigenvalue weighted by atomic mass is 79.9. The molecule has 0 spiro atoms. The number of nitrogens with zero attached hydrogens (tertiary/aromatic N) is 1. The summed E-state index contributed by atoms with van der Waals surface area (Å²) in [6, 6.07) is 7.84. The molecule has 1 atom stereocenters. The first-order valence-corrected chi connectivity index (χ1v) is 10.8. The van der Waals surface area contributed by atoms with Crippen LogP contribution in [0.2, 0.25) is 0 Å². The number of fused-ring (bicyclic) bond motifs is 2. The first-order valence-electron chi connectivity index (χ1n) is 9.15. The van der Waals surface area contributed by atoms with Crippen LogP contribution < -0.4 is 10.1 Å². The molecule has 1 unspecified atom stereocenters. The van der Waals surface area contributed by atoms with E-state index >= 15 is 0 Å². The molecule has 0 radical (unpaired) electrons. The van der Waals surface area contributed by atoms with Crippen LogP contribution in [0.3, 0.4) is 0 Å². The van der Waals surface area contributed by atoms with Gasteiger partial charge in [0, 0.05) is 47.3 Å². The molecule has 0 saturated carbocycles. The van der Waals surface area contributed by atoms with Crippen LogP contribution >= 0.6 is 27.3 Å². The average molecular weight is 449 g/mol. The lowest BCUT2D eigenvalue weighted by Crippen LogP contribution is -2.37. The van der Waals surface area contributed by atoms with Gasteiger partial charge in [0.25, 0.3) is 0 Å². The Morgan fingerprint density at radius 1 is 1.30 bits per heavy atom. The lowest BCUT2D eigenvalue weighted by molar-refractivity contribution is -0.134. The smallest absolute Gasteiger partial charge is 0.223 e. The van der Waals surface area contributed by atoms with Crippen molar-refractivity contribution in [2.24, 2.45) is 0 Å². The molecule has 2 aromatic rings. The fraction of sp³-hybridized carbons (Fsp3) is 0.400. The van der Waals surface area contributed by atoms with Gasteiger partial charge < -0.3 is 15.0 Å². The number of benzene rings is 1. The number of ether oxygens (including phenoxy) is 1. The average Bonchev–Trinajstić information content (AvgIpc) is 3.14. The van der Waals surface area contributed by atoms with Gasteiger partial charge in [-0.05, 0) is 41.6 Å². The van der Waals surface area contributed by atoms with Crippen LogP contribution in [0, 0.1) is 0 Å². The normalized spacial score (nSPS) is 18.3. The predicted octanol–water partition coefficient (Wildman–Crippen LogP) is 3.82. The van der Waals surface area contributed by atoms with Gasteiger partial charge in [-0.3, -0.25) is 9.59 Å². The molecule has 0 aliphatic carbocycles. The molecular formula is C20H21BrN2O3S. The van der Waals surface area contributed by atoms with E-state index in [4.69, 9.17) is 4.74 Å². The fourth-order valence-electron chi connectivity index (χ4n) is 3.62. The summed E-state index contributed by atoms with van der Waals surface area (Å²) in [5.74, 6) is 0.775. The number of halogens is 1. The molecule has 142 valence electrons. The molecular weight excluding hydrogens is 428 g/mol.